The van der Waals surface area contributed by atoms with Gasteiger partial charge in [-0.2, -0.15) is 0 Å². The van der Waals surface area contributed by atoms with Crippen molar-refractivity contribution in [1.82, 2.24) is 4.31 Å². The summed E-state index contributed by atoms with van der Waals surface area (Å²) < 4.78 is 24.8. The van der Waals surface area contributed by atoms with Gasteiger partial charge in [-0.3, -0.25) is 9.59 Å². The van der Waals surface area contributed by atoms with Crippen molar-refractivity contribution < 1.29 is 18.0 Å². The smallest absolute Gasteiger partial charge is 0.238 e. The van der Waals surface area contributed by atoms with Crippen molar-refractivity contribution in [2.24, 2.45) is 0 Å². The van der Waals surface area contributed by atoms with Gasteiger partial charge >= 0.3 is 0 Å². The molecule has 1 N–H and O–H groups in total. The van der Waals surface area contributed by atoms with Gasteiger partial charge < -0.3 is 5.32 Å². The van der Waals surface area contributed by atoms with Gasteiger partial charge in [0.15, 0.2) is 0 Å². The van der Waals surface area contributed by atoms with Crippen molar-refractivity contribution in [3.8, 4) is 0 Å². The van der Waals surface area contributed by atoms with Crippen molar-refractivity contribution in [2.75, 3.05) is 11.1 Å². The van der Waals surface area contributed by atoms with E-state index < -0.39 is 21.2 Å². The molecule has 0 aromatic heterocycles. The van der Waals surface area contributed by atoms with Crippen LogP contribution in [-0.4, -0.2) is 41.6 Å². The van der Waals surface area contributed by atoms with E-state index in [1.165, 1.54) is 11.8 Å². The SMILES string of the molecule is CC1CCS(=O)(=O)N1C(=O)CC1Sc2ccc(Cl)cc2NC1=O. The number of anilines is 1. The normalized spacial score (nSPS) is 25.8. The van der Waals surface area contributed by atoms with Gasteiger partial charge in [0, 0.05) is 22.4 Å². The number of fused-ring (bicyclic) bond motifs is 1. The van der Waals surface area contributed by atoms with E-state index in [1.54, 1.807) is 25.1 Å². The number of rotatable bonds is 2. The maximum atomic E-state index is 12.4. The highest BCUT2D eigenvalue weighted by Gasteiger charge is 2.40. The molecule has 6 nitrogen and oxygen atoms in total. The Morgan fingerprint density at radius 2 is 2.22 bits per heavy atom. The molecule has 0 saturated carbocycles. The number of hydrogen-bond donors (Lipinski definition) is 1. The molecule has 2 aliphatic rings. The van der Waals surface area contributed by atoms with E-state index in [2.05, 4.69) is 5.32 Å². The summed E-state index contributed by atoms with van der Waals surface area (Å²) in [5.74, 6) is -0.868. The van der Waals surface area contributed by atoms with Crippen LogP contribution in [0.5, 0.6) is 0 Å². The monoisotopic (exact) mass is 374 g/mol. The summed E-state index contributed by atoms with van der Waals surface area (Å²) in [4.78, 5) is 25.4. The average molecular weight is 375 g/mol. The van der Waals surface area contributed by atoms with Crippen molar-refractivity contribution in [3.63, 3.8) is 0 Å². The molecule has 0 aliphatic carbocycles. The third-order valence-electron chi connectivity index (χ3n) is 3.86. The fraction of sp³-hybridized carbons (Fsp3) is 0.429. The Kier molecular flexibility index (Phi) is 4.33. The summed E-state index contributed by atoms with van der Waals surface area (Å²) in [6.07, 6.45) is 0.279. The van der Waals surface area contributed by atoms with Crippen LogP contribution in [-0.2, 0) is 19.6 Å². The second-order valence-electron chi connectivity index (χ2n) is 5.58. The molecular formula is C14H15ClN2O4S2. The number of thioether (sulfide) groups is 1. The van der Waals surface area contributed by atoms with E-state index in [0.717, 1.165) is 9.20 Å². The Balaban J connectivity index is 1.77. The van der Waals surface area contributed by atoms with Crippen LogP contribution in [0, 0.1) is 0 Å². The van der Waals surface area contributed by atoms with E-state index in [-0.39, 0.29) is 24.1 Å². The zero-order valence-corrected chi connectivity index (χ0v) is 14.7. The van der Waals surface area contributed by atoms with Gasteiger partial charge in [-0.05, 0) is 31.5 Å². The Morgan fingerprint density at radius 1 is 1.48 bits per heavy atom. The molecule has 1 aromatic rings. The molecule has 2 heterocycles. The fourth-order valence-corrected chi connectivity index (χ4v) is 5.84. The molecule has 3 rings (SSSR count). The summed E-state index contributed by atoms with van der Waals surface area (Å²) >= 11 is 7.14. The first-order chi connectivity index (χ1) is 10.8. The Bertz CT molecular complexity index is 781. The quantitative estimate of drug-likeness (QED) is 0.856. The van der Waals surface area contributed by atoms with E-state index in [0.29, 0.717) is 17.1 Å². The van der Waals surface area contributed by atoms with Crippen LogP contribution < -0.4 is 5.32 Å². The van der Waals surface area contributed by atoms with Gasteiger partial charge in [-0.15, -0.1) is 11.8 Å². The molecule has 23 heavy (non-hydrogen) atoms. The number of halogens is 1. The van der Waals surface area contributed by atoms with Crippen LogP contribution in [0.25, 0.3) is 0 Å². The average Bonchev–Trinajstić information content (AvgIpc) is 2.73. The predicted molar refractivity (Wildman–Crippen MR) is 89.1 cm³/mol. The molecule has 2 atom stereocenters. The van der Waals surface area contributed by atoms with Crippen LogP contribution in [0.1, 0.15) is 19.8 Å². The molecular weight excluding hydrogens is 360 g/mol. The largest absolute Gasteiger partial charge is 0.324 e. The van der Waals surface area contributed by atoms with Gasteiger partial charge in [-0.25, -0.2) is 12.7 Å². The van der Waals surface area contributed by atoms with E-state index in [9.17, 15) is 18.0 Å². The molecule has 0 spiro atoms. The number of carbonyl (C=O) groups excluding carboxylic acids is 2. The molecule has 2 unspecified atom stereocenters. The lowest BCUT2D eigenvalue weighted by atomic mass is 10.2. The Hall–Kier alpha value is -1.25. The summed E-state index contributed by atoms with van der Waals surface area (Å²) in [5.41, 5.74) is 0.610. The number of carbonyl (C=O) groups is 2. The zero-order valence-electron chi connectivity index (χ0n) is 12.3. The van der Waals surface area contributed by atoms with Gasteiger partial charge in [0.05, 0.1) is 16.7 Å². The highest BCUT2D eigenvalue weighted by Crippen LogP contribution is 2.38. The first-order valence-corrected chi connectivity index (χ1v) is 9.96. The first-order valence-electron chi connectivity index (χ1n) is 7.10. The van der Waals surface area contributed by atoms with Crippen LogP contribution in [0.2, 0.25) is 5.02 Å². The lowest BCUT2D eigenvalue weighted by Gasteiger charge is -2.26. The lowest BCUT2D eigenvalue weighted by molar-refractivity contribution is -0.129. The third kappa shape index (κ3) is 3.20. The molecule has 9 heteroatoms. The van der Waals surface area contributed by atoms with Gasteiger partial charge in [0.2, 0.25) is 21.8 Å². The van der Waals surface area contributed by atoms with Crippen molar-refractivity contribution in [2.45, 2.75) is 36.0 Å². The Morgan fingerprint density at radius 3 is 2.87 bits per heavy atom. The van der Waals surface area contributed by atoms with Gasteiger partial charge in [-0.1, -0.05) is 11.6 Å². The summed E-state index contributed by atoms with van der Waals surface area (Å²) in [7, 11) is -3.54. The summed E-state index contributed by atoms with van der Waals surface area (Å²) in [6.45, 7) is 1.70. The molecule has 1 saturated heterocycles. The highest BCUT2D eigenvalue weighted by atomic mass is 35.5. The van der Waals surface area contributed by atoms with E-state index in [4.69, 9.17) is 11.6 Å². The van der Waals surface area contributed by atoms with Crippen LogP contribution in [0.4, 0.5) is 5.69 Å². The number of hydrogen-bond acceptors (Lipinski definition) is 5. The molecule has 1 fully saturated rings. The minimum atomic E-state index is -3.54. The van der Waals surface area contributed by atoms with Crippen LogP contribution in [0.3, 0.4) is 0 Å². The first kappa shape index (κ1) is 16.6. The zero-order chi connectivity index (χ0) is 16.8. The van der Waals surface area contributed by atoms with Gasteiger partial charge in [0.25, 0.3) is 0 Å². The van der Waals surface area contributed by atoms with Crippen molar-refractivity contribution in [3.05, 3.63) is 23.2 Å². The maximum Gasteiger partial charge on any atom is 0.238 e. The molecule has 2 aliphatic heterocycles. The number of benzene rings is 1. The second-order valence-corrected chi connectivity index (χ2v) is 9.23. The van der Waals surface area contributed by atoms with Crippen LogP contribution >= 0.6 is 23.4 Å². The molecule has 0 radical (unpaired) electrons. The fourth-order valence-electron chi connectivity index (χ4n) is 2.72. The standard InChI is InChI=1S/C14H15ClN2O4S2/c1-8-4-5-23(20,21)17(8)13(18)7-12-14(19)16-10-6-9(15)2-3-11(10)22-12/h2-3,6,8,12H,4-5,7H2,1H3,(H,16,19). The third-order valence-corrected chi connectivity index (χ3v) is 7.29. The lowest BCUT2D eigenvalue weighted by Crippen LogP contribution is -2.41. The molecule has 1 aromatic carbocycles. The van der Waals surface area contributed by atoms with Gasteiger partial charge in [0.1, 0.15) is 0 Å². The summed E-state index contributed by atoms with van der Waals surface area (Å²) in [5, 5.41) is 2.57. The highest BCUT2D eigenvalue weighted by molar-refractivity contribution is 8.01. The minimum Gasteiger partial charge on any atom is -0.324 e. The number of nitrogens with zero attached hydrogens (tertiary/aromatic N) is 1. The Labute approximate surface area is 143 Å². The number of nitrogens with one attached hydrogen (secondary N) is 1. The number of amides is 2. The van der Waals surface area contributed by atoms with E-state index in [1.807, 2.05) is 0 Å². The summed E-state index contributed by atoms with van der Waals surface area (Å²) in [6, 6.07) is 4.77. The maximum absolute atomic E-state index is 12.4. The van der Waals surface area contributed by atoms with Crippen LogP contribution in [0.15, 0.2) is 23.1 Å². The van der Waals surface area contributed by atoms with Crippen molar-refractivity contribution in [1.29, 1.82) is 0 Å². The van der Waals surface area contributed by atoms with E-state index >= 15 is 0 Å². The van der Waals surface area contributed by atoms with Crippen molar-refractivity contribution >= 4 is 50.9 Å². The molecule has 124 valence electrons. The molecule has 2 amide bonds. The minimum absolute atomic E-state index is 0.0226. The second kappa shape index (κ2) is 5.99. The number of sulfonamides is 1. The topological polar surface area (TPSA) is 83.6 Å². The molecule has 0 bridgehead atoms. The predicted octanol–water partition coefficient (Wildman–Crippen LogP) is 2.09.